The van der Waals surface area contributed by atoms with Crippen molar-refractivity contribution < 1.29 is 9.32 Å². The molecule has 0 saturated carbocycles. The molecule has 0 saturated heterocycles. The summed E-state index contributed by atoms with van der Waals surface area (Å²) in [7, 11) is 0. The lowest BCUT2D eigenvalue weighted by atomic mass is 10.2. The van der Waals surface area contributed by atoms with Gasteiger partial charge in [0.25, 0.3) is 5.91 Å². The molecule has 2 aromatic heterocycles. The molecule has 0 spiro atoms. The van der Waals surface area contributed by atoms with Gasteiger partial charge in [0.2, 0.25) is 6.39 Å². The van der Waals surface area contributed by atoms with Crippen molar-refractivity contribution in [3.8, 4) is 0 Å². The van der Waals surface area contributed by atoms with E-state index in [0.29, 0.717) is 24.4 Å². The standard InChI is InChI=1S/C13H17N5O2/c1-2-5-15-11-3-6-14-8-10(11)13(19)16-7-4-12-17-9-20-18-12/h3,6,8-9H,2,4-5,7H2,1H3,(H,14,15)(H,16,19). The van der Waals surface area contributed by atoms with E-state index in [4.69, 9.17) is 0 Å². The molecule has 0 aromatic carbocycles. The quantitative estimate of drug-likeness (QED) is 0.790. The number of nitrogens with zero attached hydrogens (tertiary/aromatic N) is 3. The molecular weight excluding hydrogens is 258 g/mol. The minimum atomic E-state index is -0.166. The van der Waals surface area contributed by atoms with E-state index >= 15 is 0 Å². The number of rotatable bonds is 7. The summed E-state index contributed by atoms with van der Waals surface area (Å²) in [5.74, 6) is 0.404. The van der Waals surface area contributed by atoms with Gasteiger partial charge in [-0.1, -0.05) is 12.1 Å². The molecule has 1 amide bonds. The zero-order chi connectivity index (χ0) is 14.2. The lowest BCUT2D eigenvalue weighted by Gasteiger charge is -2.10. The van der Waals surface area contributed by atoms with E-state index in [0.717, 1.165) is 18.7 Å². The molecule has 20 heavy (non-hydrogen) atoms. The lowest BCUT2D eigenvalue weighted by molar-refractivity contribution is 0.0954. The highest BCUT2D eigenvalue weighted by molar-refractivity contribution is 5.99. The van der Waals surface area contributed by atoms with Crippen LogP contribution in [0.15, 0.2) is 29.4 Å². The highest BCUT2D eigenvalue weighted by atomic mass is 16.5. The maximum absolute atomic E-state index is 12.1. The smallest absolute Gasteiger partial charge is 0.254 e. The average Bonchev–Trinajstić information content (AvgIpc) is 2.98. The summed E-state index contributed by atoms with van der Waals surface area (Å²) >= 11 is 0. The van der Waals surface area contributed by atoms with E-state index in [1.54, 1.807) is 18.5 Å². The van der Waals surface area contributed by atoms with E-state index in [1.165, 1.54) is 6.39 Å². The Bertz CT molecular complexity index is 541. The van der Waals surface area contributed by atoms with Crippen LogP contribution in [0.4, 0.5) is 5.69 Å². The maximum atomic E-state index is 12.1. The summed E-state index contributed by atoms with van der Waals surface area (Å²) in [4.78, 5) is 20.0. The van der Waals surface area contributed by atoms with Gasteiger partial charge in [-0.15, -0.1) is 0 Å². The van der Waals surface area contributed by atoms with Crippen molar-refractivity contribution in [2.45, 2.75) is 19.8 Å². The van der Waals surface area contributed by atoms with Crippen LogP contribution in [-0.2, 0) is 6.42 Å². The molecule has 2 rings (SSSR count). The van der Waals surface area contributed by atoms with Gasteiger partial charge < -0.3 is 15.2 Å². The van der Waals surface area contributed by atoms with Gasteiger partial charge in [-0.2, -0.15) is 4.98 Å². The molecule has 2 aromatic rings. The van der Waals surface area contributed by atoms with Crippen molar-refractivity contribution >= 4 is 11.6 Å². The molecule has 0 aliphatic carbocycles. The van der Waals surface area contributed by atoms with E-state index in [1.807, 2.05) is 0 Å². The fourth-order valence-electron chi connectivity index (χ4n) is 1.67. The van der Waals surface area contributed by atoms with Crippen molar-refractivity contribution in [3.05, 3.63) is 36.2 Å². The van der Waals surface area contributed by atoms with Gasteiger partial charge in [0.05, 0.1) is 11.3 Å². The summed E-state index contributed by atoms with van der Waals surface area (Å²) in [6.45, 7) is 3.33. The van der Waals surface area contributed by atoms with E-state index in [2.05, 4.69) is 37.2 Å². The van der Waals surface area contributed by atoms with Crippen LogP contribution >= 0.6 is 0 Å². The fourth-order valence-corrected chi connectivity index (χ4v) is 1.67. The second-order valence-corrected chi connectivity index (χ2v) is 4.20. The summed E-state index contributed by atoms with van der Waals surface area (Å²) in [6.07, 6.45) is 6.00. The molecule has 2 N–H and O–H groups in total. The molecule has 0 aliphatic rings. The van der Waals surface area contributed by atoms with Gasteiger partial charge in [0, 0.05) is 31.9 Å². The Morgan fingerprint density at radius 1 is 1.40 bits per heavy atom. The molecule has 7 heteroatoms. The number of nitrogens with one attached hydrogen (secondary N) is 2. The third-order valence-electron chi connectivity index (χ3n) is 2.67. The van der Waals surface area contributed by atoms with Crippen LogP contribution in [0.3, 0.4) is 0 Å². The molecule has 0 unspecified atom stereocenters. The van der Waals surface area contributed by atoms with Crippen molar-refractivity contribution in [3.63, 3.8) is 0 Å². The molecule has 0 bridgehead atoms. The number of anilines is 1. The maximum Gasteiger partial charge on any atom is 0.254 e. The first kappa shape index (κ1) is 14.0. The third kappa shape index (κ3) is 3.78. The Hall–Kier alpha value is -2.44. The number of carbonyl (C=O) groups excluding carboxylic acids is 1. The summed E-state index contributed by atoms with van der Waals surface area (Å²) < 4.78 is 4.63. The minimum absolute atomic E-state index is 0.166. The summed E-state index contributed by atoms with van der Waals surface area (Å²) in [5, 5.41) is 9.70. The topological polar surface area (TPSA) is 92.9 Å². The SMILES string of the molecule is CCCNc1ccncc1C(=O)NCCc1ncon1. The van der Waals surface area contributed by atoms with Crippen LogP contribution in [0, 0.1) is 0 Å². The Morgan fingerprint density at radius 3 is 3.05 bits per heavy atom. The van der Waals surface area contributed by atoms with Crippen molar-refractivity contribution in [2.24, 2.45) is 0 Å². The first-order valence-corrected chi connectivity index (χ1v) is 6.52. The van der Waals surface area contributed by atoms with Crippen LogP contribution in [0.1, 0.15) is 29.5 Å². The zero-order valence-corrected chi connectivity index (χ0v) is 11.3. The van der Waals surface area contributed by atoms with E-state index in [9.17, 15) is 4.79 Å². The average molecular weight is 275 g/mol. The Labute approximate surface area is 116 Å². The number of amides is 1. The molecule has 7 nitrogen and oxygen atoms in total. The Morgan fingerprint density at radius 2 is 2.30 bits per heavy atom. The molecule has 0 radical (unpaired) electrons. The first-order valence-electron chi connectivity index (χ1n) is 6.52. The molecule has 0 atom stereocenters. The minimum Gasteiger partial charge on any atom is -0.384 e. The number of hydrogen-bond donors (Lipinski definition) is 2. The molecule has 106 valence electrons. The van der Waals surface area contributed by atoms with Gasteiger partial charge in [-0.05, 0) is 12.5 Å². The number of pyridine rings is 1. The van der Waals surface area contributed by atoms with Crippen molar-refractivity contribution in [2.75, 3.05) is 18.4 Å². The van der Waals surface area contributed by atoms with Crippen LogP contribution in [0.2, 0.25) is 0 Å². The normalized spacial score (nSPS) is 10.2. The second kappa shape index (κ2) is 7.22. The Kier molecular flexibility index (Phi) is 5.05. The molecular formula is C13H17N5O2. The molecule has 0 fully saturated rings. The zero-order valence-electron chi connectivity index (χ0n) is 11.3. The predicted octanol–water partition coefficient (Wildman–Crippen LogP) is 1.26. The fraction of sp³-hybridized carbons (Fsp3) is 0.385. The number of carbonyl (C=O) groups is 1. The largest absolute Gasteiger partial charge is 0.384 e. The van der Waals surface area contributed by atoms with Gasteiger partial charge >= 0.3 is 0 Å². The number of hydrogen-bond acceptors (Lipinski definition) is 6. The predicted molar refractivity (Wildman–Crippen MR) is 73.4 cm³/mol. The highest BCUT2D eigenvalue weighted by Gasteiger charge is 2.11. The summed E-state index contributed by atoms with van der Waals surface area (Å²) in [6, 6.07) is 1.80. The molecule has 2 heterocycles. The van der Waals surface area contributed by atoms with Crippen LogP contribution < -0.4 is 10.6 Å². The van der Waals surface area contributed by atoms with Crippen LogP contribution in [0.5, 0.6) is 0 Å². The van der Waals surface area contributed by atoms with E-state index in [-0.39, 0.29) is 5.91 Å². The number of aromatic nitrogens is 3. The lowest BCUT2D eigenvalue weighted by Crippen LogP contribution is -2.27. The summed E-state index contributed by atoms with van der Waals surface area (Å²) in [5.41, 5.74) is 1.33. The van der Waals surface area contributed by atoms with Crippen molar-refractivity contribution in [1.82, 2.24) is 20.4 Å². The second-order valence-electron chi connectivity index (χ2n) is 4.20. The highest BCUT2D eigenvalue weighted by Crippen LogP contribution is 2.13. The van der Waals surface area contributed by atoms with Crippen LogP contribution in [0.25, 0.3) is 0 Å². The van der Waals surface area contributed by atoms with E-state index < -0.39 is 0 Å². The molecule has 0 aliphatic heterocycles. The monoisotopic (exact) mass is 275 g/mol. The third-order valence-corrected chi connectivity index (χ3v) is 2.67. The Balaban J connectivity index is 1.91. The van der Waals surface area contributed by atoms with Crippen molar-refractivity contribution in [1.29, 1.82) is 0 Å². The van der Waals surface area contributed by atoms with Gasteiger partial charge in [0.1, 0.15) is 0 Å². The van der Waals surface area contributed by atoms with Gasteiger partial charge in [0.15, 0.2) is 5.82 Å². The first-order chi connectivity index (χ1) is 9.81. The van der Waals surface area contributed by atoms with Crippen LogP contribution in [-0.4, -0.2) is 34.1 Å². The van der Waals surface area contributed by atoms with Gasteiger partial charge in [-0.25, -0.2) is 0 Å². The van der Waals surface area contributed by atoms with Gasteiger partial charge in [-0.3, -0.25) is 9.78 Å².